The Kier molecular flexibility index (Phi) is 4.45. The van der Waals surface area contributed by atoms with Gasteiger partial charge in [0.1, 0.15) is 0 Å². The van der Waals surface area contributed by atoms with Crippen molar-refractivity contribution < 1.29 is 0 Å². The summed E-state index contributed by atoms with van der Waals surface area (Å²) in [5.41, 5.74) is 3.89. The van der Waals surface area contributed by atoms with Crippen LogP contribution in [0.3, 0.4) is 0 Å². The van der Waals surface area contributed by atoms with E-state index in [0.29, 0.717) is 0 Å². The summed E-state index contributed by atoms with van der Waals surface area (Å²) in [5, 5.41) is 3.50. The van der Waals surface area contributed by atoms with E-state index in [1.165, 1.54) is 46.4 Å². The monoisotopic (exact) mass is 378 g/mol. The number of halogens is 1. The molecule has 20 heavy (non-hydrogen) atoms. The van der Waals surface area contributed by atoms with E-state index in [1.807, 2.05) is 0 Å². The van der Waals surface area contributed by atoms with Crippen LogP contribution >= 0.6 is 22.6 Å². The fraction of sp³-hybridized carbons (Fsp3) is 0.294. The Morgan fingerprint density at radius 3 is 2.35 bits per heavy atom. The number of nitrogens with one attached hydrogen (secondary N) is 1. The molecule has 1 saturated heterocycles. The quantitative estimate of drug-likeness (QED) is 0.788. The van der Waals surface area contributed by atoms with Crippen molar-refractivity contribution in [2.75, 3.05) is 23.3 Å². The summed E-state index contributed by atoms with van der Waals surface area (Å²) in [5.74, 6) is 0. The molecule has 2 aromatic carbocycles. The standard InChI is InChI=1S/C17H19IN2/c18-16-5-1-2-6-17(16)19-13-14-7-9-15(10-8-14)20-11-3-4-12-20/h1-2,5-10,19H,3-4,11-13H2. The van der Waals surface area contributed by atoms with Gasteiger partial charge in [-0.25, -0.2) is 0 Å². The Balaban J connectivity index is 1.62. The normalized spacial score (nSPS) is 14.6. The van der Waals surface area contributed by atoms with Gasteiger partial charge in [-0.3, -0.25) is 0 Å². The maximum Gasteiger partial charge on any atom is 0.0478 e. The fourth-order valence-corrected chi connectivity index (χ4v) is 3.18. The lowest BCUT2D eigenvalue weighted by atomic mass is 10.2. The van der Waals surface area contributed by atoms with Crippen LogP contribution in [0, 0.1) is 3.57 Å². The van der Waals surface area contributed by atoms with Crippen molar-refractivity contribution in [1.82, 2.24) is 0 Å². The molecule has 0 amide bonds. The first-order valence-electron chi connectivity index (χ1n) is 7.15. The number of rotatable bonds is 4. The van der Waals surface area contributed by atoms with E-state index >= 15 is 0 Å². The van der Waals surface area contributed by atoms with E-state index in [1.54, 1.807) is 0 Å². The van der Waals surface area contributed by atoms with Crippen molar-refractivity contribution in [3.63, 3.8) is 0 Å². The number of anilines is 2. The summed E-state index contributed by atoms with van der Waals surface area (Å²) in [6.45, 7) is 3.29. The molecule has 104 valence electrons. The summed E-state index contributed by atoms with van der Waals surface area (Å²) >= 11 is 2.36. The highest BCUT2D eigenvalue weighted by Crippen LogP contribution is 2.21. The van der Waals surface area contributed by atoms with Crippen LogP contribution in [-0.4, -0.2) is 13.1 Å². The number of hydrogen-bond donors (Lipinski definition) is 1. The molecule has 1 heterocycles. The first-order valence-corrected chi connectivity index (χ1v) is 8.23. The maximum atomic E-state index is 3.50. The molecule has 0 unspecified atom stereocenters. The summed E-state index contributed by atoms with van der Waals surface area (Å²) in [6, 6.07) is 17.3. The molecule has 0 aromatic heterocycles. The van der Waals surface area contributed by atoms with Gasteiger partial charge in [0.25, 0.3) is 0 Å². The van der Waals surface area contributed by atoms with Crippen LogP contribution < -0.4 is 10.2 Å². The molecule has 0 atom stereocenters. The number of nitrogens with zero attached hydrogens (tertiary/aromatic N) is 1. The van der Waals surface area contributed by atoms with Gasteiger partial charge in [0, 0.05) is 34.6 Å². The van der Waals surface area contributed by atoms with E-state index in [4.69, 9.17) is 0 Å². The van der Waals surface area contributed by atoms with Gasteiger partial charge in [0.15, 0.2) is 0 Å². The third-order valence-electron chi connectivity index (χ3n) is 3.76. The van der Waals surface area contributed by atoms with Gasteiger partial charge >= 0.3 is 0 Å². The second-order valence-corrected chi connectivity index (χ2v) is 6.36. The highest BCUT2D eigenvalue weighted by Gasteiger charge is 2.11. The van der Waals surface area contributed by atoms with Gasteiger partial charge in [0.05, 0.1) is 0 Å². The Bertz CT molecular complexity index is 559. The van der Waals surface area contributed by atoms with E-state index in [-0.39, 0.29) is 0 Å². The largest absolute Gasteiger partial charge is 0.380 e. The zero-order valence-electron chi connectivity index (χ0n) is 11.5. The zero-order valence-corrected chi connectivity index (χ0v) is 13.6. The molecular weight excluding hydrogens is 359 g/mol. The molecule has 2 nitrogen and oxygen atoms in total. The molecule has 0 bridgehead atoms. The van der Waals surface area contributed by atoms with Crippen molar-refractivity contribution in [3.8, 4) is 0 Å². The van der Waals surface area contributed by atoms with Crippen LogP contribution in [0.25, 0.3) is 0 Å². The van der Waals surface area contributed by atoms with Crippen molar-refractivity contribution in [2.45, 2.75) is 19.4 Å². The van der Waals surface area contributed by atoms with Crippen molar-refractivity contribution >= 4 is 34.0 Å². The predicted molar refractivity (Wildman–Crippen MR) is 94.4 cm³/mol. The molecular formula is C17H19IN2. The lowest BCUT2D eigenvalue weighted by molar-refractivity contribution is 0.949. The predicted octanol–water partition coefficient (Wildman–Crippen LogP) is 4.50. The molecule has 3 heteroatoms. The van der Waals surface area contributed by atoms with Gasteiger partial charge in [-0.05, 0) is 65.3 Å². The van der Waals surface area contributed by atoms with Crippen LogP contribution in [0.5, 0.6) is 0 Å². The minimum absolute atomic E-state index is 0.875. The molecule has 1 aliphatic heterocycles. The van der Waals surface area contributed by atoms with E-state index in [0.717, 1.165) is 6.54 Å². The van der Waals surface area contributed by atoms with Gasteiger partial charge < -0.3 is 10.2 Å². The first-order chi connectivity index (χ1) is 9.83. The Morgan fingerprint density at radius 1 is 0.950 bits per heavy atom. The molecule has 1 N–H and O–H groups in total. The Morgan fingerprint density at radius 2 is 1.65 bits per heavy atom. The van der Waals surface area contributed by atoms with Gasteiger partial charge in [-0.2, -0.15) is 0 Å². The van der Waals surface area contributed by atoms with E-state index in [2.05, 4.69) is 81.3 Å². The average molecular weight is 378 g/mol. The highest BCUT2D eigenvalue weighted by molar-refractivity contribution is 14.1. The highest BCUT2D eigenvalue weighted by atomic mass is 127. The number of benzene rings is 2. The molecule has 2 aromatic rings. The van der Waals surface area contributed by atoms with Gasteiger partial charge in [-0.15, -0.1) is 0 Å². The second-order valence-electron chi connectivity index (χ2n) is 5.19. The summed E-state index contributed by atoms with van der Waals surface area (Å²) in [7, 11) is 0. The SMILES string of the molecule is Ic1ccccc1NCc1ccc(N2CCCC2)cc1. The lowest BCUT2D eigenvalue weighted by Crippen LogP contribution is -2.17. The molecule has 0 aliphatic carbocycles. The second kappa shape index (κ2) is 6.48. The van der Waals surface area contributed by atoms with Crippen LogP contribution in [0.15, 0.2) is 48.5 Å². The topological polar surface area (TPSA) is 15.3 Å². The molecule has 0 saturated carbocycles. The van der Waals surface area contributed by atoms with Crippen molar-refractivity contribution in [3.05, 3.63) is 57.7 Å². The molecule has 0 radical (unpaired) electrons. The lowest BCUT2D eigenvalue weighted by Gasteiger charge is -2.18. The zero-order chi connectivity index (χ0) is 13.8. The average Bonchev–Trinajstić information content (AvgIpc) is 3.01. The van der Waals surface area contributed by atoms with Gasteiger partial charge in [0.2, 0.25) is 0 Å². The fourth-order valence-electron chi connectivity index (χ4n) is 2.60. The van der Waals surface area contributed by atoms with Crippen molar-refractivity contribution in [1.29, 1.82) is 0 Å². The minimum atomic E-state index is 0.875. The summed E-state index contributed by atoms with van der Waals surface area (Å²) < 4.78 is 1.26. The number of para-hydroxylation sites is 1. The summed E-state index contributed by atoms with van der Waals surface area (Å²) in [6.07, 6.45) is 2.66. The van der Waals surface area contributed by atoms with Crippen LogP contribution in [0.2, 0.25) is 0 Å². The first kappa shape index (κ1) is 13.7. The van der Waals surface area contributed by atoms with E-state index in [9.17, 15) is 0 Å². The van der Waals surface area contributed by atoms with Crippen LogP contribution in [0.4, 0.5) is 11.4 Å². The molecule has 3 rings (SSSR count). The number of hydrogen-bond acceptors (Lipinski definition) is 2. The smallest absolute Gasteiger partial charge is 0.0478 e. The third kappa shape index (κ3) is 3.26. The molecule has 0 spiro atoms. The molecule has 1 aliphatic rings. The third-order valence-corrected chi connectivity index (χ3v) is 4.71. The minimum Gasteiger partial charge on any atom is -0.380 e. The Hall–Kier alpha value is -1.23. The van der Waals surface area contributed by atoms with E-state index < -0.39 is 0 Å². The maximum absolute atomic E-state index is 3.50. The van der Waals surface area contributed by atoms with Crippen LogP contribution in [-0.2, 0) is 6.54 Å². The Labute approximate surface area is 134 Å². The van der Waals surface area contributed by atoms with Crippen LogP contribution in [0.1, 0.15) is 18.4 Å². The summed E-state index contributed by atoms with van der Waals surface area (Å²) in [4.78, 5) is 2.47. The van der Waals surface area contributed by atoms with Crippen molar-refractivity contribution in [2.24, 2.45) is 0 Å². The van der Waals surface area contributed by atoms with Gasteiger partial charge in [-0.1, -0.05) is 24.3 Å². The molecule has 1 fully saturated rings.